The Balaban J connectivity index is 2.24. The largest absolute Gasteiger partial charge is 0.383 e. The fourth-order valence-corrected chi connectivity index (χ4v) is 2.99. The first kappa shape index (κ1) is 14.7. The lowest BCUT2D eigenvalue weighted by Crippen LogP contribution is -2.07. The number of ether oxygens (including phenoxy) is 1. The maximum atomic E-state index is 11.6. The fourth-order valence-electron chi connectivity index (χ4n) is 2.26. The van der Waals surface area contributed by atoms with E-state index in [1.54, 1.807) is 25.4 Å². The summed E-state index contributed by atoms with van der Waals surface area (Å²) in [5.74, 6) is 0.0798. The molecule has 0 fully saturated rings. The van der Waals surface area contributed by atoms with Crippen LogP contribution in [0.2, 0.25) is 0 Å². The van der Waals surface area contributed by atoms with E-state index in [1.807, 2.05) is 19.2 Å². The van der Waals surface area contributed by atoms with Crippen molar-refractivity contribution in [2.75, 3.05) is 25.6 Å². The van der Waals surface area contributed by atoms with E-state index in [4.69, 9.17) is 4.74 Å². The average molecular weight is 293 g/mol. The Morgan fingerprint density at radius 3 is 2.85 bits per heavy atom. The normalized spacial score (nSPS) is 10.8. The zero-order valence-corrected chi connectivity index (χ0v) is 13.0. The number of Topliss-reactive ketones (excluding diaryl/α,β-unsaturated/α-hetero) is 1. The molecular weight excluding hydrogens is 274 g/mol. The van der Waals surface area contributed by atoms with E-state index in [2.05, 4.69) is 15.3 Å². The number of thiazole rings is 1. The number of carbonyl (C=O) groups excluding carboxylic acids is 1. The van der Waals surface area contributed by atoms with Crippen LogP contribution in [0.3, 0.4) is 0 Å². The zero-order chi connectivity index (χ0) is 14.7. The van der Waals surface area contributed by atoms with Crippen LogP contribution in [-0.4, -0.2) is 36.0 Å². The second-order valence-corrected chi connectivity index (χ2v) is 5.50. The molecule has 0 aliphatic carbocycles. The summed E-state index contributed by atoms with van der Waals surface area (Å²) in [4.78, 5) is 19.4. The molecule has 0 aliphatic rings. The molecule has 20 heavy (non-hydrogen) atoms. The minimum atomic E-state index is 0.0798. The van der Waals surface area contributed by atoms with Gasteiger partial charge in [-0.1, -0.05) is 0 Å². The van der Waals surface area contributed by atoms with Crippen molar-refractivity contribution < 1.29 is 9.53 Å². The van der Waals surface area contributed by atoms with E-state index < -0.39 is 0 Å². The van der Waals surface area contributed by atoms with Gasteiger partial charge in [-0.15, -0.1) is 11.3 Å². The zero-order valence-electron chi connectivity index (χ0n) is 12.2. The monoisotopic (exact) mass is 293 g/mol. The highest BCUT2D eigenvalue weighted by Gasteiger charge is 2.17. The molecule has 0 bridgehead atoms. The SMILES string of the molecule is COCCNc1nc(-c2[nH]c(C)c(C(C)=O)c2C)cs1. The number of aromatic nitrogens is 2. The van der Waals surface area contributed by atoms with Gasteiger partial charge < -0.3 is 15.0 Å². The Kier molecular flexibility index (Phi) is 4.57. The van der Waals surface area contributed by atoms with Crippen LogP contribution in [0.15, 0.2) is 5.38 Å². The number of rotatable bonds is 6. The summed E-state index contributed by atoms with van der Waals surface area (Å²) in [6, 6.07) is 0. The van der Waals surface area contributed by atoms with Gasteiger partial charge >= 0.3 is 0 Å². The molecule has 0 saturated carbocycles. The molecule has 5 nitrogen and oxygen atoms in total. The van der Waals surface area contributed by atoms with E-state index in [0.29, 0.717) is 6.61 Å². The Labute approximate surface area is 122 Å². The van der Waals surface area contributed by atoms with Gasteiger partial charge in [-0.2, -0.15) is 0 Å². The summed E-state index contributed by atoms with van der Waals surface area (Å²) >= 11 is 1.54. The number of aromatic amines is 1. The molecule has 0 aliphatic heterocycles. The van der Waals surface area contributed by atoms with Gasteiger partial charge in [-0.05, 0) is 26.3 Å². The van der Waals surface area contributed by atoms with Crippen molar-refractivity contribution >= 4 is 22.3 Å². The number of nitrogens with one attached hydrogen (secondary N) is 2. The highest BCUT2D eigenvalue weighted by Crippen LogP contribution is 2.30. The van der Waals surface area contributed by atoms with E-state index in [9.17, 15) is 4.79 Å². The predicted octanol–water partition coefficient (Wildman–Crippen LogP) is 3.02. The smallest absolute Gasteiger partial charge is 0.183 e. The van der Waals surface area contributed by atoms with Crippen molar-refractivity contribution in [3.63, 3.8) is 0 Å². The number of H-pyrrole nitrogens is 1. The lowest BCUT2D eigenvalue weighted by Gasteiger charge is -2.00. The van der Waals surface area contributed by atoms with Crippen molar-refractivity contribution in [3.05, 3.63) is 22.2 Å². The summed E-state index contributed by atoms with van der Waals surface area (Å²) in [5.41, 5.74) is 4.41. The molecule has 2 rings (SSSR count). The number of ketones is 1. The van der Waals surface area contributed by atoms with Gasteiger partial charge in [0.2, 0.25) is 0 Å². The third-order valence-electron chi connectivity index (χ3n) is 3.13. The van der Waals surface area contributed by atoms with E-state index in [0.717, 1.165) is 39.9 Å². The van der Waals surface area contributed by atoms with Crippen LogP contribution < -0.4 is 5.32 Å². The van der Waals surface area contributed by atoms with Crippen LogP contribution in [-0.2, 0) is 4.74 Å². The molecule has 2 aromatic rings. The number of aryl methyl sites for hydroxylation is 1. The Bertz CT molecular complexity index is 616. The molecule has 0 atom stereocenters. The molecule has 108 valence electrons. The molecular formula is C14H19N3O2S. The molecule has 0 aromatic carbocycles. The average Bonchev–Trinajstić information content (AvgIpc) is 2.94. The molecule has 6 heteroatoms. The molecule has 0 spiro atoms. The maximum Gasteiger partial charge on any atom is 0.183 e. The van der Waals surface area contributed by atoms with Crippen molar-refractivity contribution in [2.45, 2.75) is 20.8 Å². The second kappa shape index (κ2) is 6.19. The van der Waals surface area contributed by atoms with Crippen molar-refractivity contribution in [1.82, 2.24) is 9.97 Å². The van der Waals surface area contributed by atoms with Gasteiger partial charge in [0.15, 0.2) is 10.9 Å². The topological polar surface area (TPSA) is 67.0 Å². The minimum Gasteiger partial charge on any atom is -0.383 e. The van der Waals surface area contributed by atoms with Crippen LogP contribution in [0.1, 0.15) is 28.5 Å². The van der Waals surface area contributed by atoms with E-state index in [-0.39, 0.29) is 5.78 Å². The van der Waals surface area contributed by atoms with Gasteiger partial charge in [0, 0.05) is 30.3 Å². The third kappa shape index (κ3) is 2.91. The Morgan fingerprint density at radius 2 is 2.25 bits per heavy atom. The lowest BCUT2D eigenvalue weighted by molar-refractivity contribution is 0.101. The summed E-state index contributed by atoms with van der Waals surface area (Å²) < 4.78 is 4.99. The van der Waals surface area contributed by atoms with E-state index in [1.165, 1.54) is 0 Å². The van der Waals surface area contributed by atoms with E-state index >= 15 is 0 Å². The number of hydrogen-bond donors (Lipinski definition) is 2. The van der Waals surface area contributed by atoms with Crippen molar-refractivity contribution in [2.24, 2.45) is 0 Å². The van der Waals surface area contributed by atoms with Gasteiger partial charge in [-0.25, -0.2) is 4.98 Å². The molecule has 0 amide bonds. The predicted molar refractivity (Wildman–Crippen MR) is 81.7 cm³/mol. The number of carbonyl (C=O) groups is 1. The minimum absolute atomic E-state index is 0.0798. The van der Waals surface area contributed by atoms with Crippen LogP contribution in [0.4, 0.5) is 5.13 Å². The van der Waals surface area contributed by atoms with Crippen molar-refractivity contribution in [3.8, 4) is 11.4 Å². The first-order valence-electron chi connectivity index (χ1n) is 6.43. The fraction of sp³-hybridized carbons (Fsp3) is 0.429. The maximum absolute atomic E-state index is 11.6. The number of anilines is 1. The third-order valence-corrected chi connectivity index (χ3v) is 3.93. The molecule has 2 heterocycles. The molecule has 0 radical (unpaired) electrons. The summed E-state index contributed by atoms with van der Waals surface area (Å²) in [7, 11) is 1.67. The number of hydrogen-bond acceptors (Lipinski definition) is 5. The molecule has 2 aromatic heterocycles. The standard InChI is InChI=1S/C14H19N3O2S/c1-8-12(10(3)18)9(2)16-13(8)11-7-20-14(17-11)15-5-6-19-4/h7,16H,5-6H2,1-4H3,(H,15,17). The Hall–Kier alpha value is -1.66. The Morgan fingerprint density at radius 1 is 1.50 bits per heavy atom. The second-order valence-electron chi connectivity index (χ2n) is 4.64. The molecule has 2 N–H and O–H groups in total. The van der Waals surface area contributed by atoms with Crippen LogP contribution in [0.5, 0.6) is 0 Å². The van der Waals surface area contributed by atoms with Gasteiger partial charge in [0.05, 0.1) is 12.3 Å². The van der Waals surface area contributed by atoms with Gasteiger partial charge in [-0.3, -0.25) is 4.79 Å². The van der Waals surface area contributed by atoms with Gasteiger partial charge in [0.1, 0.15) is 5.69 Å². The number of methoxy groups -OCH3 is 1. The highest BCUT2D eigenvalue weighted by molar-refractivity contribution is 7.14. The summed E-state index contributed by atoms with van der Waals surface area (Å²) in [5, 5.41) is 6.04. The molecule has 0 unspecified atom stereocenters. The summed E-state index contributed by atoms with van der Waals surface area (Å²) in [6.07, 6.45) is 0. The van der Waals surface area contributed by atoms with Crippen LogP contribution in [0, 0.1) is 13.8 Å². The summed E-state index contributed by atoms with van der Waals surface area (Å²) in [6.45, 7) is 6.82. The quantitative estimate of drug-likeness (QED) is 0.634. The molecule has 0 saturated heterocycles. The van der Waals surface area contributed by atoms with Crippen LogP contribution >= 0.6 is 11.3 Å². The lowest BCUT2D eigenvalue weighted by atomic mass is 10.1. The van der Waals surface area contributed by atoms with Crippen LogP contribution in [0.25, 0.3) is 11.4 Å². The van der Waals surface area contributed by atoms with Gasteiger partial charge in [0.25, 0.3) is 0 Å². The first-order valence-corrected chi connectivity index (χ1v) is 7.31. The highest BCUT2D eigenvalue weighted by atomic mass is 32.1. The first-order chi connectivity index (χ1) is 9.54. The number of nitrogens with zero attached hydrogens (tertiary/aromatic N) is 1. The van der Waals surface area contributed by atoms with Crippen molar-refractivity contribution in [1.29, 1.82) is 0 Å².